The summed E-state index contributed by atoms with van der Waals surface area (Å²) in [6, 6.07) is 7.57. The van der Waals surface area contributed by atoms with E-state index in [2.05, 4.69) is 10.6 Å². The van der Waals surface area contributed by atoms with Gasteiger partial charge in [0.2, 0.25) is 5.91 Å². The van der Waals surface area contributed by atoms with Gasteiger partial charge in [0.25, 0.3) is 5.91 Å². The lowest BCUT2D eigenvalue weighted by molar-refractivity contribution is -0.132. The highest BCUT2D eigenvalue weighted by atomic mass is 16.6. The molecule has 3 amide bonds. The van der Waals surface area contributed by atoms with Gasteiger partial charge in [-0.25, -0.2) is 4.79 Å². The fraction of sp³-hybridized carbons (Fsp3) is 0.591. The zero-order valence-electron chi connectivity index (χ0n) is 18.3. The van der Waals surface area contributed by atoms with Crippen LogP contribution < -0.4 is 15.4 Å². The van der Waals surface area contributed by atoms with Crippen molar-refractivity contribution in [3.05, 3.63) is 29.8 Å². The zero-order chi connectivity index (χ0) is 22.1. The van der Waals surface area contributed by atoms with Gasteiger partial charge in [-0.15, -0.1) is 0 Å². The molecule has 1 saturated heterocycles. The van der Waals surface area contributed by atoms with Gasteiger partial charge in [-0.2, -0.15) is 0 Å². The third-order valence-corrected chi connectivity index (χ3v) is 4.61. The smallest absolute Gasteiger partial charge is 0.407 e. The molecule has 0 atom stereocenters. The second kappa shape index (κ2) is 10.8. The van der Waals surface area contributed by atoms with Crippen LogP contribution in [-0.2, 0) is 14.3 Å². The lowest BCUT2D eigenvalue weighted by atomic mass is 10.0. The number of carbonyl (C=O) groups excluding carboxylic acids is 3. The standard InChI is InChI=1S/C22H33N3O5/c1-16-5-7-18(8-6-16)29-15-19(26)24-17-10-13-25(14-11-17)20(27)9-12-23-21(28)30-22(2,3)4/h5-8,17H,9-15H2,1-4H3,(H,23,28)(H,24,26). The minimum Gasteiger partial charge on any atom is -0.484 e. The van der Waals surface area contributed by atoms with Crippen LogP contribution in [0.5, 0.6) is 5.75 Å². The van der Waals surface area contributed by atoms with Crippen LogP contribution in [0.15, 0.2) is 24.3 Å². The molecular weight excluding hydrogens is 386 g/mol. The third-order valence-electron chi connectivity index (χ3n) is 4.61. The van der Waals surface area contributed by atoms with E-state index in [1.807, 2.05) is 31.2 Å². The number of hydrogen-bond acceptors (Lipinski definition) is 5. The molecule has 0 aromatic heterocycles. The number of carbonyl (C=O) groups is 3. The summed E-state index contributed by atoms with van der Waals surface area (Å²) >= 11 is 0. The number of piperidine rings is 1. The van der Waals surface area contributed by atoms with Crippen LogP contribution in [-0.4, -0.2) is 60.7 Å². The Bertz CT molecular complexity index is 719. The lowest BCUT2D eigenvalue weighted by Crippen LogP contribution is -2.48. The summed E-state index contributed by atoms with van der Waals surface area (Å²) in [7, 11) is 0. The molecule has 30 heavy (non-hydrogen) atoms. The summed E-state index contributed by atoms with van der Waals surface area (Å²) in [6.45, 7) is 8.72. The number of likely N-dealkylation sites (tertiary alicyclic amines) is 1. The molecule has 0 saturated carbocycles. The minimum atomic E-state index is -0.564. The Balaban J connectivity index is 1.61. The van der Waals surface area contributed by atoms with E-state index in [-0.39, 0.29) is 37.4 Å². The van der Waals surface area contributed by atoms with Crippen LogP contribution in [0.4, 0.5) is 4.79 Å². The molecule has 1 aromatic rings. The normalized spacial score (nSPS) is 14.7. The summed E-state index contributed by atoms with van der Waals surface area (Å²) in [5, 5.41) is 5.56. The first-order valence-electron chi connectivity index (χ1n) is 10.4. The predicted molar refractivity (Wildman–Crippen MR) is 113 cm³/mol. The Morgan fingerprint density at radius 3 is 2.33 bits per heavy atom. The Morgan fingerprint density at radius 1 is 1.10 bits per heavy atom. The van der Waals surface area contributed by atoms with Gasteiger partial charge in [-0.1, -0.05) is 17.7 Å². The molecule has 0 spiro atoms. The number of hydrogen-bond donors (Lipinski definition) is 2. The van der Waals surface area contributed by atoms with E-state index in [4.69, 9.17) is 9.47 Å². The Morgan fingerprint density at radius 2 is 1.73 bits per heavy atom. The maximum Gasteiger partial charge on any atom is 0.407 e. The van der Waals surface area contributed by atoms with E-state index in [1.165, 1.54) is 0 Å². The van der Waals surface area contributed by atoms with Crippen LogP contribution in [0.1, 0.15) is 45.6 Å². The van der Waals surface area contributed by atoms with Crippen LogP contribution >= 0.6 is 0 Å². The highest BCUT2D eigenvalue weighted by Crippen LogP contribution is 2.13. The number of rotatable bonds is 7. The van der Waals surface area contributed by atoms with Gasteiger partial charge in [0.05, 0.1) is 0 Å². The monoisotopic (exact) mass is 419 g/mol. The van der Waals surface area contributed by atoms with Crippen molar-refractivity contribution in [2.75, 3.05) is 26.2 Å². The number of aryl methyl sites for hydroxylation is 1. The lowest BCUT2D eigenvalue weighted by Gasteiger charge is -2.32. The third kappa shape index (κ3) is 8.71. The Labute approximate surface area is 178 Å². The van der Waals surface area contributed by atoms with Gasteiger partial charge < -0.3 is 25.0 Å². The molecule has 2 rings (SSSR count). The van der Waals surface area contributed by atoms with E-state index in [1.54, 1.807) is 25.7 Å². The summed E-state index contributed by atoms with van der Waals surface area (Å²) in [6.07, 6.45) is 1.09. The second-order valence-electron chi connectivity index (χ2n) is 8.50. The molecule has 2 N–H and O–H groups in total. The molecule has 1 aromatic carbocycles. The van der Waals surface area contributed by atoms with Crippen LogP contribution in [0.25, 0.3) is 0 Å². The first-order valence-corrected chi connectivity index (χ1v) is 10.4. The fourth-order valence-electron chi connectivity index (χ4n) is 3.07. The van der Waals surface area contributed by atoms with Crippen LogP contribution in [0, 0.1) is 6.92 Å². The maximum atomic E-state index is 12.3. The van der Waals surface area contributed by atoms with Gasteiger partial charge in [0.15, 0.2) is 6.61 Å². The van der Waals surface area contributed by atoms with Gasteiger partial charge >= 0.3 is 6.09 Å². The number of nitrogens with one attached hydrogen (secondary N) is 2. The summed E-state index contributed by atoms with van der Waals surface area (Å²) < 4.78 is 10.6. The van der Waals surface area contributed by atoms with Crippen molar-refractivity contribution in [1.29, 1.82) is 0 Å². The zero-order valence-corrected chi connectivity index (χ0v) is 18.3. The molecule has 166 valence electrons. The van der Waals surface area contributed by atoms with E-state index in [0.717, 1.165) is 5.56 Å². The van der Waals surface area contributed by atoms with Crippen molar-refractivity contribution >= 4 is 17.9 Å². The van der Waals surface area contributed by atoms with E-state index >= 15 is 0 Å². The van der Waals surface area contributed by atoms with Gasteiger partial charge in [-0.3, -0.25) is 9.59 Å². The Hall–Kier alpha value is -2.77. The maximum absolute atomic E-state index is 12.3. The molecule has 1 heterocycles. The van der Waals surface area contributed by atoms with Gasteiger partial charge in [-0.05, 0) is 52.7 Å². The summed E-state index contributed by atoms with van der Waals surface area (Å²) in [4.78, 5) is 37.8. The molecule has 1 aliphatic rings. The quantitative estimate of drug-likeness (QED) is 0.707. The van der Waals surface area contributed by atoms with Crippen molar-refractivity contribution in [3.63, 3.8) is 0 Å². The predicted octanol–water partition coefficient (Wildman–Crippen LogP) is 2.40. The number of ether oxygens (including phenoxy) is 2. The average molecular weight is 420 g/mol. The summed E-state index contributed by atoms with van der Waals surface area (Å²) in [5.41, 5.74) is 0.569. The average Bonchev–Trinajstić information content (AvgIpc) is 2.66. The van der Waals surface area contributed by atoms with Crippen molar-refractivity contribution in [3.8, 4) is 5.75 Å². The highest BCUT2D eigenvalue weighted by molar-refractivity contribution is 5.78. The van der Waals surface area contributed by atoms with Gasteiger partial charge in [0.1, 0.15) is 11.4 Å². The van der Waals surface area contributed by atoms with Gasteiger partial charge in [0, 0.05) is 32.1 Å². The molecule has 0 radical (unpaired) electrons. The van der Waals surface area contributed by atoms with Crippen molar-refractivity contribution in [2.24, 2.45) is 0 Å². The number of nitrogens with zero attached hydrogens (tertiary/aromatic N) is 1. The van der Waals surface area contributed by atoms with Crippen molar-refractivity contribution in [2.45, 2.75) is 58.6 Å². The van der Waals surface area contributed by atoms with E-state index < -0.39 is 11.7 Å². The number of benzene rings is 1. The fourth-order valence-corrected chi connectivity index (χ4v) is 3.07. The molecule has 1 aliphatic heterocycles. The molecule has 0 bridgehead atoms. The largest absolute Gasteiger partial charge is 0.484 e. The van der Waals surface area contributed by atoms with E-state index in [9.17, 15) is 14.4 Å². The highest BCUT2D eigenvalue weighted by Gasteiger charge is 2.24. The summed E-state index contributed by atoms with van der Waals surface area (Å²) in [5.74, 6) is 0.483. The number of alkyl carbamates (subject to hydrolysis) is 1. The molecule has 0 aliphatic carbocycles. The molecular formula is C22H33N3O5. The first-order chi connectivity index (χ1) is 14.1. The number of amides is 3. The topological polar surface area (TPSA) is 97.0 Å². The van der Waals surface area contributed by atoms with Crippen molar-refractivity contribution < 1.29 is 23.9 Å². The first kappa shape index (κ1) is 23.5. The molecule has 0 unspecified atom stereocenters. The molecule has 8 heteroatoms. The van der Waals surface area contributed by atoms with E-state index in [0.29, 0.717) is 31.7 Å². The molecule has 1 fully saturated rings. The van der Waals surface area contributed by atoms with Crippen molar-refractivity contribution in [1.82, 2.24) is 15.5 Å². The van der Waals surface area contributed by atoms with Crippen LogP contribution in [0.3, 0.4) is 0 Å². The Kier molecular flexibility index (Phi) is 8.50. The second-order valence-corrected chi connectivity index (χ2v) is 8.50. The minimum absolute atomic E-state index is 0.0152. The molecule has 8 nitrogen and oxygen atoms in total. The van der Waals surface area contributed by atoms with Crippen LogP contribution in [0.2, 0.25) is 0 Å². The SMILES string of the molecule is Cc1ccc(OCC(=O)NC2CCN(C(=O)CCNC(=O)OC(C)(C)C)CC2)cc1.